The van der Waals surface area contributed by atoms with Crippen molar-refractivity contribution in [2.24, 2.45) is 5.73 Å². The number of hydrogen-bond acceptors (Lipinski definition) is 5. The average Bonchev–Trinajstić information content (AvgIpc) is 2.90. The Hall–Kier alpha value is -1.74. The maximum absolute atomic E-state index is 11.2. The number of nitrogens with zero attached hydrogens (tertiary/aromatic N) is 1. The lowest BCUT2D eigenvalue weighted by molar-refractivity contribution is 0.100. The van der Waals surface area contributed by atoms with Gasteiger partial charge < -0.3 is 16.8 Å². The van der Waals surface area contributed by atoms with Crippen molar-refractivity contribution in [3.05, 3.63) is 10.4 Å². The fourth-order valence-corrected chi connectivity index (χ4v) is 2.29. The van der Waals surface area contributed by atoms with Gasteiger partial charge in [-0.15, -0.1) is 11.3 Å². The van der Waals surface area contributed by atoms with Gasteiger partial charge in [0.1, 0.15) is 15.9 Å². The predicted octanol–water partition coefficient (Wildman–Crippen LogP) is 0.875. The molecule has 78 valence electrons. The van der Waals surface area contributed by atoms with Crippen molar-refractivity contribution in [1.29, 1.82) is 5.26 Å². The summed E-state index contributed by atoms with van der Waals surface area (Å²) in [4.78, 5) is 11.5. The fraction of sp³-hybridized carbons (Fsp3) is 0.333. The van der Waals surface area contributed by atoms with Crippen molar-refractivity contribution in [3.63, 3.8) is 0 Å². The van der Waals surface area contributed by atoms with E-state index in [1.54, 1.807) is 0 Å². The van der Waals surface area contributed by atoms with Crippen LogP contribution in [0.5, 0.6) is 0 Å². The molecule has 0 bridgehead atoms. The molecule has 1 aromatic heterocycles. The Morgan fingerprint density at radius 3 is 2.73 bits per heavy atom. The lowest BCUT2D eigenvalue weighted by Gasteiger charge is -2.02. The van der Waals surface area contributed by atoms with Gasteiger partial charge in [0.25, 0.3) is 5.91 Å². The zero-order valence-electron chi connectivity index (χ0n) is 7.91. The zero-order valence-corrected chi connectivity index (χ0v) is 8.73. The summed E-state index contributed by atoms with van der Waals surface area (Å²) < 4.78 is 0. The second-order valence-electron chi connectivity index (χ2n) is 3.44. The van der Waals surface area contributed by atoms with E-state index in [0.717, 1.165) is 12.8 Å². The summed E-state index contributed by atoms with van der Waals surface area (Å²) >= 11 is 1.18. The molecule has 1 fully saturated rings. The highest BCUT2D eigenvalue weighted by Crippen LogP contribution is 2.37. The van der Waals surface area contributed by atoms with Crippen LogP contribution in [0, 0.1) is 11.3 Å². The summed E-state index contributed by atoms with van der Waals surface area (Å²) in [6, 6.07) is 2.35. The Bertz CT molecular complexity index is 455. The molecule has 6 heteroatoms. The van der Waals surface area contributed by atoms with E-state index >= 15 is 0 Å². The number of hydrogen-bond donors (Lipinski definition) is 3. The Morgan fingerprint density at radius 1 is 1.60 bits per heavy atom. The van der Waals surface area contributed by atoms with Crippen LogP contribution < -0.4 is 16.8 Å². The van der Waals surface area contributed by atoms with Gasteiger partial charge in [-0.05, 0) is 12.8 Å². The maximum Gasteiger partial charge on any atom is 0.253 e. The van der Waals surface area contributed by atoms with E-state index in [1.165, 1.54) is 11.3 Å². The van der Waals surface area contributed by atoms with Crippen LogP contribution >= 0.6 is 11.3 Å². The van der Waals surface area contributed by atoms with Crippen LogP contribution in [0.3, 0.4) is 0 Å². The third kappa shape index (κ3) is 1.74. The third-order valence-corrected chi connectivity index (χ3v) is 3.25. The number of primary amides is 1. The predicted molar refractivity (Wildman–Crippen MR) is 58.6 cm³/mol. The van der Waals surface area contributed by atoms with Crippen molar-refractivity contribution in [3.8, 4) is 6.07 Å². The molecular formula is C9H10N4OS. The van der Waals surface area contributed by atoms with E-state index in [9.17, 15) is 4.79 Å². The van der Waals surface area contributed by atoms with E-state index in [-0.39, 0.29) is 11.3 Å². The molecule has 0 radical (unpaired) electrons. The summed E-state index contributed by atoms with van der Waals surface area (Å²) in [6.45, 7) is 0. The number of nitrogens with two attached hydrogens (primary N) is 2. The zero-order chi connectivity index (χ0) is 11.0. The minimum atomic E-state index is -0.589. The molecule has 1 aliphatic rings. The van der Waals surface area contributed by atoms with Gasteiger partial charge in [0.15, 0.2) is 0 Å². The molecule has 1 aromatic rings. The van der Waals surface area contributed by atoms with Crippen molar-refractivity contribution in [1.82, 2.24) is 0 Å². The molecule has 1 aliphatic carbocycles. The van der Waals surface area contributed by atoms with Crippen molar-refractivity contribution >= 4 is 27.9 Å². The molecule has 15 heavy (non-hydrogen) atoms. The number of nitrogens with one attached hydrogen (secondary N) is 1. The summed E-state index contributed by atoms with van der Waals surface area (Å²) in [5.41, 5.74) is 11.3. The lowest BCUT2D eigenvalue weighted by Crippen LogP contribution is -2.15. The monoisotopic (exact) mass is 222 g/mol. The van der Waals surface area contributed by atoms with Crippen LogP contribution in [0.1, 0.15) is 28.1 Å². The normalized spacial score (nSPS) is 14.6. The minimum Gasteiger partial charge on any atom is -0.396 e. The second kappa shape index (κ2) is 3.44. The van der Waals surface area contributed by atoms with Crippen LogP contribution in [0.25, 0.3) is 0 Å². The molecule has 0 aromatic carbocycles. The first-order valence-electron chi connectivity index (χ1n) is 4.52. The van der Waals surface area contributed by atoms with Gasteiger partial charge in [-0.3, -0.25) is 4.79 Å². The Morgan fingerprint density at radius 2 is 2.27 bits per heavy atom. The number of thiophene rings is 1. The molecule has 0 spiro atoms. The first kappa shape index (κ1) is 9.80. The summed E-state index contributed by atoms with van der Waals surface area (Å²) in [6.07, 6.45) is 2.16. The molecule has 1 heterocycles. The Balaban J connectivity index is 2.42. The van der Waals surface area contributed by atoms with Crippen LogP contribution in [0.15, 0.2) is 0 Å². The number of amides is 1. The van der Waals surface area contributed by atoms with E-state index in [1.807, 2.05) is 6.07 Å². The molecular weight excluding hydrogens is 212 g/mol. The molecule has 1 amide bonds. The number of rotatable bonds is 3. The minimum absolute atomic E-state index is 0.193. The number of carbonyl (C=O) groups is 1. The fourth-order valence-electron chi connectivity index (χ4n) is 1.29. The van der Waals surface area contributed by atoms with Gasteiger partial charge in [-0.25, -0.2) is 0 Å². The molecule has 5 nitrogen and oxygen atoms in total. The number of nitriles is 1. The van der Waals surface area contributed by atoms with Crippen molar-refractivity contribution < 1.29 is 4.79 Å². The summed E-state index contributed by atoms with van der Waals surface area (Å²) in [5, 5.41) is 12.6. The van der Waals surface area contributed by atoms with Crippen molar-refractivity contribution in [2.75, 3.05) is 11.1 Å². The molecule has 0 atom stereocenters. The van der Waals surface area contributed by atoms with E-state index in [0.29, 0.717) is 15.9 Å². The van der Waals surface area contributed by atoms with E-state index in [4.69, 9.17) is 16.7 Å². The highest BCUT2D eigenvalue weighted by atomic mass is 32.1. The Kier molecular flexibility index (Phi) is 2.25. The third-order valence-electron chi connectivity index (χ3n) is 2.21. The summed E-state index contributed by atoms with van der Waals surface area (Å²) in [5.74, 6) is -0.589. The molecule has 0 unspecified atom stereocenters. The quantitative estimate of drug-likeness (QED) is 0.705. The SMILES string of the molecule is N#Cc1sc(NC2CC2)c(C(N)=O)c1N. The van der Waals surface area contributed by atoms with E-state index < -0.39 is 5.91 Å². The number of anilines is 2. The first-order valence-corrected chi connectivity index (χ1v) is 5.33. The average molecular weight is 222 g/mol. The highest BCUT2D eigenvalue weighted by molar-refractivity contribution is 7.17. The molecule has 0 saturated heterocycles. The van der Waals surface area contributed by atoms with Crippen molar-refractivity contribution in [2.45, 2.75) is 18.9 Å². The maximum atomic E-state index is 11.2. The largest absolute Gasteiger partial charge is 0.396 e. The smallest absolute Gasteiger partial charge is 0.253 e. The number of carbonyl (C=O) groups excluding carboxylic acids is 1. The molecule has 5 N–H and O–H groups in total. The van der Waals surface area contributed by atoms with Gasteiger partial charge in [-0.1, -0.05) is 0 Å². The van der Waals surface area contributed by atoms with Gasteiger partial charge in [0.2, 0.25) is 0 Å². The highest BCUT2D eigenvalue weighted by Gasteiger charge is 2.26. The van der Waals surface area contributed by atoms with E-state index in [2.05, 4.69) is 5.32 Å². The van der Waals surface area contributed by atoms with Gasteiger partial charge in [-0.2, -0.15) is 5.26 Å². The van der Waals surface area contributed by atoms with Crippen LogP contribution in [-0.2, 0) is 0 Å². The molecule has 0 aliphatic heterocycles. The van der Waals surface area contributed by atoms with Crippen LogP contribution in [0.2, 0.25) is 0 Å². The van der Waals surface area contributed by atoms with Crippen LogP contribution in [-0.4, -0.2) is 11.9 Å². The lowest BCUT2D eigenvalue weighted by atomic mass is 10.2. The van der Waals surface area contributed by atoms with Crippen LogP contribution in [0.4, 0.5) is 10.7 Å². The summed E-state index contributed by atoms with van der Waals surface area (Å²) in [7, 11) is 0. The first-order chi connectivity index (χ1) is 7.13. The topological polar surface area (TPSA) is 105 Å². The van der Waals surface area contributed by atoms with Gasteiger partial charge in [0, 0.05) is 6.04 Å². The standard InChI is InChI=1S/C9H10N4OS/c10-3-5-7(11)6(8(12)14)9(15-5)13-4-1-2-4/h4,13H,1-2,11H2,(H2,12,14). The molecule has 1 saturated carbocycles. The van der Waals surface area contributed by atoms with Gasteiger partial charge in [0.05, 0.1) is 11.3 Å². The number of nitrogen functional groups attached to an aromatic ring is 1. The van der Waals surface area contributed by atoms with Gasteiger partial charge >= 0.3 is 0 Å². The molecule has 2 rings (SSSR count). The second-order valence-corrected chi connectivity index (χ2v) is 4.46. The Labute approximate surface area is 90.7 Å².